The van der Waals surface area contributed by atoms with Crippen molar-refractivity contribution in [3.63, 3.8) is 0 Å². The highest BCUT2D eigenvalue weighted by Crippen LogP contribution is 1.98. The Morgan fingerprint density at radius 2 is 2.12 bits per heavy atom. The Labute approximate surface area is 59.8 Å². The van der Waals surface area contributed by atoms with Crippen molar-refractivity contribution in [2.45, 2.75) is 10.2 Å². The summed E-state index contributed by atoms with van der Waals surface area (Å²) < 4.78 is -1.01. The van der Waals surface area contributed by atoms with Crippen molar-refractivity contribution < 1.29 is 15.0 Å². The Morgan fingerprint density at radius 1 is 1.75 bits per heavy atom. The third-order valence-corrected chi connectivity index (χ3v) is 1.36. The Bertz CT molecular complexity index is 94.5. The summed E-state index contributed by atoms with van der Waals surface area (Å²) in [6.07, 6.45) is 0. The fourth-order valence-corrected chi connectivity index (χ4v) is 0.425. The van der Waals surface area contributed by atoms with Crippen LogP contribution in [-0.4, -0.2) is 26.3 Å². The van der Waals surface area contributed by atoms with Crippen molar-refractivity contribution in [2.24, 2.45) is 5.73 Å². The molecule has 0 saturated carbocycles. The zero-order valence-electron chi connectivity index (χ0n) is 3.91. The lowest BCUT2D eigenvalue weighted by Crippen LogP contribution is -2.38. The summed E-state index contributed by atoms with van der Waals surface area (Å²) in [5.41, 5.74) is 4.90. The smallest absolute Gasteiger partial charge is 0.324 e. The first-order chi connectivity index (χ1) is 3.55. The zero-order chi connectivity index (χ0) is 6.73. The molecule has 0 aliphatic heterocycles. The Hall–Kier alpha value is 0.120. The molecule has 0 aliphatic rings. The molecule has 0 radical (unpaired) electrons. The third-order valence-electron chi connectivity index (χ3n) is 0.581. The van der Waals surface area contributed by atoms with Gasteiger partial charge in [0, 0.05) is 0 Å². The topological polar surface area (TPSA) is 83.6 Å². The lowest BCUT2D eigenvalue weighted by atomic mass is 10.3. The van der Waals surface area contributed by atoms with Crippen molar-refractivity contribution >= 4 is 28.6 Å². The van der Waals surface area contributed by atoms with E-state index in [-0.39, 0.29) is 0 Å². The van der Waals surface area contributed by atoms with Crippen LogP contribution in [0.25, 0.3) is 0 Å². The number of carboxylic acid groups (broad SMARTS) is 1. The molecular weight excluding hydrogens is 225 g/mol. The molecule has 5 heteroatoms. The van der Waals surface area contributed by atoms with Gasteiger partial charge in [0.1, 0.15) is 10.2 Å². The van der Waals surface area contributed by atoms with E-state index in [4.69, 9.17) is 15.9 Å². The van der Waals surface area contributed by atoms with Crippen LogP contribution < -0.4 is 5.73 Å². The molecule has 0 aromatic heterocycles. The zero-order valence-corrected chi connectivity index (χ0v) is 6.07. The largest absolute Gasteiger partial charge is 0.480 e. The Balaban J connectivity index is 3.64. The maximum Gasteiger partial charge on any atom is 0.324 e. The summed E-state index contributed by atoms with van der Waals surface area (Å²) in [6, 6.07) is -1.17. The first-order valence-electron chi connectivity index (χ1n) is 1.86. The van der Waals surface area contributed by atoms with Gasteiger partial charge in [-0.15, -0.1) is 0 Å². The highest BCUT2D eigenvalue weighted by molar-refractivity contribution is 14.1. The lowest BCUT2D eigenvalue weighted by Gasteiger charge is -2.05. The SMILES string of the molecule is N[C@H](C(=O)O)C(O)I. The summed E-state index contributed by atoms with van der Waals surface area (Å²) in [4.78, 5) is 9.85. The van der Waals surface area contributed by atoms with E-state index in [1.54, 1.807) is 0 Å². The van der Waals surface area contributed by atoms with Crippen molar-refractivity contribution in [3.8, 4) is 0 Å². The minimum Gasteiger partial charge on any atom is -0.480 e. The fraction of sp³-hybridized carbons (Fsp3) is 0.667. The second-order valence-corrected chi connectivity index (χ2v) is 2.51. The molecule has 4 N–H and O–H groups in total. The molecule has 48 valence electrons. The highest BCUT2D eigenvalue weighted by atomic mass is 127. The summed E-state index contributed by atoms with van der Waals surface area (Å²) in [5, 5.41) is 16.5. The van der Waals surface area contributed by atoms with Crippen LogP contribution >= 0.6 is 22.6 Å². The van der Waals surface area contributed by atoms with E-state index in [0.717, 1.165) is 0 Å². The van der Waals surface area contributed by atoms with E-state index < -0.39 is 16.1 Å². The van der Waals surface area contributed by atoms with Gasteiger partial charge >= 0.3 is 5.97 Å². The summed E-state index contributed by atoms with van der Waals surface area (Å²) in [6.45, 7) is 0. The van der Waals surface area contributed by atoms with Crippen LogP contribution in [0.1, 0.15) is 0 Å². The Morgan fingerprint density at radius 3 is 2.12 bits per heavy atom. The third kappa shape index (κ3) is 2.43. The normalized spacial score (nSPS) is 17.4. The van der Waals surface area contributed by atoms with Gasteiger partial charge < -0.3 is 15.9 Å². The quantitative estimate of drug-likeness (QED) is 0.427. The minimum absolute atomic E-state index is 1.01. The molecule has 0 fully saturated rings. The molecule has 4 nitrogen and oxygen atoms in total. The molecule has 0 aliphatic carbocycles. The molecule has 2 atom stereocenters. The predicted molar refractivity (Wildman–Crippen MR) is 35.6 cm³/mol. The molecule has 0 aromatic carbocycles. The first-order valence-corrected chi connectivity index (χ1v) is 3.11. The van der Waals surface area contributed by atoms with Crippen LogP contribution in [0.3, 0.4) is 0 Å². The molecule has 0 amide bonds. The van der Waals surface area contributed by atoms with Crippen molar-refractivity contribution in [2.75, 3.05) is 0 Å². The number of hydrogen-bond acceptors (Lipinski definition) is 3. The molecular formula is C3H6INO3. The second-order valence-electron chi connectivity index (χ2n) is 1.24. The van der Waals surface area contributed by atoms with E-state index in [0.29, 0.717) is 0 Å². The summed E-state index contributed by atoms with van der Waals surface area (Å²) >= 11 is 1.53. The maximum atomic E-state index is 9.85. The monoisotopic (exact) mass is 231 g/mol. The van der Waals surface area contributed by atoms with E-state index in [1.165, 1.54) is 22.6 Å². The van der Waals surface area contributed by atoms with Gasteiger partial charge in [-0.2, -0.15) is 0 Å². The van der Waals surface area contributed by atoms with Gasteiger partial charge in [0.2, 0.25) is 0 Å². The molecule has 0 heterocycles. The van der Waals surface area contributed by atoms with E-state index in [1.807, 2.05) is 0 Å². The fourth-order valence-electron chi connectivity index (χ4n) is 0.118. The number of aliphatic carboxylic acids is 1. The van der Waals surface area contributed by atoms with E-state index in [2.05, 4.69) is 0 Å². The van der Waals surface area contributed by atoms with E-state index >= 15 is 0 Å². The first kappa shape index (κ1) is 8.12. The average Bonchev–Trinajstić information content (AvgIpc) is 1.64. The second kappa shape index (κ2) is 3.21. The predicted octanol–water partition coefficient (Wildman–Crippen LogP) is -0.848. The van der Waals surface area contributed by atoms with Gasteiger partial charge in [-0.05, 0) is 22.6 Å². The van der Waals surface area contributed by atoms with Crippen LogP contribution in [0.15, 0.2) is 0 Å². The number of alkyl halides is 1. The average molecular weight is 231 g/mol. The van der Waals surface area contributed by atoms with Crippen LogP contribution in [0.5, 0.6) is 0 Å². The summed E-state index contributed by atoms with van der Waals surface area (Å²) in [5.74, 6) is -1.19. The minimum atomic E-state index is -1.19. The van der Waals surface area contributed by atoms with Gasteiger partial charge in [-0.25, -0.2) is 0 Å². The van der Waals surface area contributed by atoms with Crippen LogP contribution in [0.4, 0.5) is 0 Å². The van der Waals surface area contributed by atoms with Crippen LogP contribution in [0, 0.1) is 0 Å². The molecule has 8 heavy (non-hydrogen) atoms. The number of carbonyl (C=O) groups is 1. The number of carboxylic acids is 1. The number of halogens is 1. The molecule has 0 rings (SSSR count). The van der Waals surface area contributed by atoms with Gasteiger partial charge in [0.05, 0.1) is 0 Å². The van der Waals surface area contributed by atoms with Gasteiger partial charge in [-0.3, -0.25) is 4.79 Å². The number of aliphatic hydroxyl groups excluding tert-OH is 1. The molecule has 0 aromatic rings. The van der Waals surface area contributed by atoms with Crippen molar-refractivity contribution in [1.29, 1.82) is 0 Å². The van der Waals surface area contributed by atoms with Gasteiger partial charge in [0.15, 0.2) is 0 Å². The number of rotatable bonds is 2. The standard InChI is InChI=1S/C3H6INO3/c4-2(6)1(5)3(7)8/h1-2,6H,5H2,(H,7,8)/t1-,2?/m0/s1. The number of nitrogens with two attached hydrogens (primary N) is 1. The number of aliphatic hydroxyl groups is 1. The van der Waals surface area contributed by atoms with Gasteiger partial charge in [0.25, 0.3) is 0 Å². The Kier molecular flexibility index (Phi) is 3.25. The van der Waals surface area contributed by atoms with Crippen LogP contribution in [-0.2, 0) is 4.79 Å². The van der Waals surface area contributed by atoms with Gasteiger partial charge in [-0.1, -0.05) is 0 Å². The summed E-state index contributed by atoms with van der Waals surface area (Å²) in [7, 11) is 0. The molecule has 0 saturated heterocycles. The van der Waals surface area contributed by atoms with Crippen molar-refractivity contribution in [1.82, 2.24) is 0 Å². The van der Waals surface area contributed by atoms with E-state index in [9.17, 15) is 4.79 Å². The highest BCUT2D eigenvalue weighted by Gasteiger charge is 2.17. The van der Waals surface area contributed by atoms with Crippen LogP contribution in [0.2, 0.25) is 0 Å². The number of hydrogen-bond donors (Lipinski definition) is 3. The molecule has 1 unspecified atom stereocenters. The maximum absolute atomic E-state index is 9.85. The molecule has 0 spiro atoms. The van der Waals surface area contributed by atoms with Crippen molar-refractivity contribution in [3.05, 3.63) is 0 Å². The molecule has 0 bridgehead atoms. The lowest BCUT2D eigenvalue weighted by molar-refractivity contribution is -0.139.